The Hall–Kier alpha value is -0.810. The Morgan fingerprint density at radius 1 is 1.15 bits per heavy atom. The quantitative estimate of drug-likeness (QED) is 0.781. The standard InChI is InChI=1S/C20H33N3O.2ClH/c1-5-22(15(2)3)14-17-6-8-19(9-7-17)20(24)23-12-10-18(11-13-23)16(4)21;;/h6-9,15-16,18H,5,10-14,21H2,1-4H3;2*1H. The van der Waals surface area contributed by atoms with Crippen molar-refractivity contribution in [3.63, 3.8) is 0 Å². The number of nitrogens with two attached hydrogens (primary N) is 1. The van der Waals surface area contributed by atoms with E-state index in [1.807, 2.05) is 17.0 Å². The number of likely N-dealkylation sites (tertiary alicyclic amines) is 1. The molecule has 150 valence electrons. The van der Waals surface area contributed by atoms with Crippen molar-refractivity contribution in [2.45, 2.75) is 59.2 Å². The Kier molecular flexibility index (Phi) is 11.4. The molecular formula is C20H35Cl2N3O. The third kappa shape index (κ3) is 6.73. The molecule has 1 atom stereocenters. The highest BCUT2D eigenvalue weighted by Gasteiger charge is 2.25. The first-order chi connectivity index (χ1) is 11.4. The Bertz CT molecular complexity index is 526. The van der Waals surface area contributed by atoms with Gasteiger partial charge in [-0.1, -0.05) is 19.1 Å². The van der Waals surface area contributed by atoms with E-state index < -0.39 is 0 Å². The number of hydrogen-bond acceptors (Lipinski definition) is 3. The van der Waals surface area contributed by atoms with E-state index in [4.69, 9.17) is 5.73 Å². The molecule has 1 fully saturated rings. The summed E-state index contributed by atoms with van der Waals surface area (Å²) in [5, 5.41) is 0. The minimum atomic E-state index is 0. The molecule has 1 saturated heterocycles. The van der Waals surface area contributed by atoms with Crippen molar-refractivity contribution < 1.29 is 4.79 Å². The highest BCUT2D eigenvalue weighted by atomic mass is 35.5. The van der Waals surface area contributed by atoms with Gasteiger partial charge in [-0.3, -0.25) is 9.69 Å². The van der Waals surface area contributed by atoms with E-state index in [9.17, 15) is 4.79 Å². The van der Waals surface area contributed by atoms with E-state index in [0.717, 1.165) is 44.6 Å². The van der Waals surface area contributed by atoms with Gasteiger partial charge < -0.3 is 10.6 Å². The SMILES string of the molecule is CCN(Cc1ccc(C(=O)N2CCC(C(C)N)CC2)cc1)C(C)C.Cl.Cl. The molecule has 26 heavy (non-hydrogen) atoms. The minimum Gasteiger partial charge on any atom is -0.339 e. The van der Waals surface area contributed by atoms with Gasteiger partial charge in [0.2, 0.25) is 0 Å². The van der Waals surface area contributed by atoms with E-state index in [2.05, 4.69) is 44.7 Å². The van der Waals surface area contributed by atoms with Crippen LogP contribution in [0, 0.1) is 5.92 Å². The molecule has 0 radical (unpaired) electrons. The lowest BCUT2D eigenvalue weighted by molar-refractivity contribution is 0.0681. The first kappa shape index (κ1) is 25.2. The van der Waals surface area contributed by atoms with Crippen molar-refractivity contribution in [1.29, 1.82) is 0 Å². The molecule has 0 spiro atoms. The molecule has 1 aliphatic heterocycles. The third-order valence-corrected chi connectivity index (χ3v) is 5.29. The van der Waals surface area contributed by atoms with Gasteiger partial charge in [-0.2, -0.15) is 0 Å². The topological polar surface area (TPSA) is 49.6 Å². The number of nitrogens with zero attached hydrogens (tertiary/aromatic N) is 2. The molecule has 0 bridgehead atoms. The van der Waals surface area contributed by atoms with Crippen molar-refractivity contribution in [3.8, 4) is 0 Å². The van der Waals surface area contributed by atoms with Crippen LogP contribution < -0.4 is 5.73 Å². The molecule has 2 N–H and O–H groups in total. The van der Waals surface area contributed by atoms with Crippen molar-refractivity contribution in [2.75, 3.05) is 19.6 Å². The van der Waals surface area contributed by atoms with E-state index in [1.54, 1.807) is 0 Å². The normalized spacial score (nSPS) is 16.2. The fourth-order valence-corrected chi connectivity index (χ4v) is 3.46. The summed E-state index contributed by atoms with van der Waals surface area (Å²) in [6.07, 6.45) is 2.03. The minimum absolute atomic E-state index is 0. The fraction of sp³-hybridized carbons (Fsp3) is 0.650. The molecule has 6 heteroatoms. The maximum Gasteiger partial charge on any atom is 0.253 e. The lowest BCUT2D eigenvalue weighted by Crippen LogP contribution is -2.42. The van der Waals surface area contributed by atoms with E-state index in [1.165, 1.54) is 5.56 Å². The molecule has 1 aromatic carbocycles. The molecule has 1 unspecified atom stereocenters. The summed E-state index contributed by atoms with van der Waals surface area (Å²) in [6, 6.07) is 8.89. The Balaban J connectivity index is 0.00000312. The van der Waals surface area contributed by atoms with E-state index in [-0.39, 0.29) is 36.8 Å². The average molecular weight is 404 g/mol. The van der Waals surface area contributed by atoms with E-state index in [0.29, 0.717) is 12.0 Å². The van der Waals surface area contributed by atoms with Crippen LogP contribution in [0.5, 0.6) is 0 Å². The summed E-state index contributed by atoms with van der Waals surface area (Å²) in [7, 11) is 0. The van der Waals surface area contributed by atoms with Crippen molar-refractivity contribution in [3.05, 3.63) is 35.4 Å². The van der Waals surface area contributed by atoms with Crippen LogP contribution in [-0.4, -0.2) is 47.4 Å². The number of carbonyl (C=O) groups is 1. The first-order valence-electron chi connectivity index (χ1n) is 9.30. The molecule has 1 heterocycles. The summed E-state index contributed by atoms with van der Waals surface area (Å²) in [5.41, 5.74) is 8.04. The monoisotopic (exact) mass is 403 g/mol. The molecule has 1 aromatic rings. The molecule has 1 aliphatic rings. The van der Waals surface area contributed by atoms with Crippen LogP contribution in [0.4, 0.5) is 0 Å². The van der Waals surface area contributed by atoms with Crippen LogP contribution in [0.25, 0.3) is 0 Å². The van der Waals surface area contributed by atoms with Gasteiger partial charge in [-0.05, 0) is 63.8 Å². The average Bonchev–Trinajstić information content (AvgIpc) is 2.59. The molecule has 0 saturated carbocycles. The highest BCUT2D eigenvalue weighted by Crippen LogP contribution is 2.21. The van der Waals surface area contributed by atoms with Gasteiger partial charge in [0, 0.05) is 37.3 Å². The van der Waals surface area contributed by atoms with Gasteiger partial charge in [0.15, 0.2) is 0 Å². The summed E-state index contributed by atoms with van der Waals surface area (Å²) in [4.78, 5) is 17.0. The molecule has 0 aliphatic carbocycles. The Labute approximate surface area is 171 Å². The zero-order valence-corrected chi connectivity index (χ0v) is 18.1. The van der Waals surface area contributed by atoms with Crippen LogP contribution in [0.1, 0.15) is 56.5 Å². The van der Waals surface area contributed by atoms with Gasteiger partial charge in [0.05, 0.1) is 0 Å². The number of hydrogen-bond donors (Lipinski definition) is 1. The van der Waals surface area contributed by atoms with Gasteiger partial charge in [-0.25, -0.2) is 0 Å². The van der Waals surface area contributed by atoms with Gasteiger partial charge >= 0.3 is 0 Å². The Morgan fingerprint density at radius 3 is 2.12 bits per heavy atom. The number of piperidine rings is 1. The van der Waals surface area contributed by atoms with Crippen molar-refractivity contribution in [2.24, 2.45) is 11.7 Å². The highest BCUT2D eigenvalue weighted by molar-refractivity contribution is 5.94. The second-order valence-electron chi connectivity index (χ2n) is 7.34. The maximum atomic E-state index is 12.7. The van der Waals surface area contributed by atoms with Crippen LogP contribution in [0.15, 0.2) is 24.3 Å². The van der Waals surface area contributed by atoms with Crippen LogP contribution in [0.2, 0.25) is 0 Å². The predicted molar refractivity (Wildman–Crippen MR) is 114 cm³/mol. The zero-order chi connectivity index (χ0) is 17.7. The molecular weight excluding hydrogens is 369 g/mol. The van der Waals surface area contributed by atoms with Gasteiger partial charge in [0.1, 0.15) is 0 Å². The maximum absolute atomic E-state index is 12.7. The lowest BCUT2D eigenvalue weighted by atomic mass is 9.90. The largest absolute Gasteiger partial charge is 0.339 e. The summed E-state index contributed by atoms with van der Waals surface area (Å²) < 4.78 is 0. The number of benzene rings is 1. The molecule has 1 amide bonds. The lowest BCUT2D eigenvalue weighted by Gasteiger charge is -2.33. The molecule has 0 aromatic heterocycles. The third-order valence-electron chi connectivity index (χ3n) is 5.29. The van der Waals surface area contributed by atoms with Gasteiger partial charge in [-0.15, -0.1) is 24.8 Å². The van der Waals surface area contributed by atoms with Crippen molar-refractivity contribution in [1.82, 2.24) is 9.80 Å². The predicted octanol–water partition coefficient (Wildman–Crippen LogP) is 3.96. The van der Waals surface area contributed by atoms with Crippen LogP contribution in [-0.2, 0) is 6.54 Å². The fourth-order valence-electron chi connectivity index (χ4n) is 3.46. The van der Waals surface area contributed by atoms with E-state index >= 15 is 0 Å². The van der Waals surface area contributed by atoms with Gasteiger partial charge in [0.25, 0.3) is 5.91 Å². The number of amides is 1. The second-order valence-corrected chi connectivity index (χ2v) is 7.34. The zero-order valence-electron chi connectivity index (χ0n) is 16.5. The summed E-state index contributed by atoms with van der Waals surface area (Å²) in [6.45, 7) is 12.3. The Morgan fingerprint density at radius 2 is 1.69 bits per heavy atom. The second kappa shape index (κ2) is 11.8. The summed E-state index contributed by atoms with van der Waals surface area (Å²) >= 11 is 0. The number of halogens is 2. The molecule has 4 nitrogen and oxygen atoms in total. The molecule has 2 rings (SSSR count). The number of rotatable bonds is 6. The van der Waals surface area contributed by atoms with Crippen LogP contribution >= 0.6 is 24.8 Å². The first-order valence-corrected chi connectivity index (χ1v) is 9.30. The van der Waals surface area contributed by atoms with Crippen molar-refractivity contribution >= 4 is 30.7 Å². The summed E-state index contributed by atoms with van der Waals surface area (Å²) in [5.74, 6) is 0.702. The van der Waals surface area contributed by atoms with Crippen LogP contribution in [0.3, 0.4) is 0 Å². The number of carbonyl (C=O) groups excluding carboxylic acids is 1. The smallest absolute Gasteiger partial charge is 0.253 e.